The molecule has 0 radical (unpaired) electrons. The Labute approximate surface area is 117 Å². The number of hydrogen-bond acceptors (Lipinski definition) is 4. The van der Waals surface area contributed by atoms with Crippen molar-refractivity contribution in [3.8, 4) is 0 Å². The summed E-state index contributed by atoms with van der Waals surface area (Å²) in [6, 6.07) is 0. The molecule has 0 aliphatic carbocycles. The highest BCUT2D eigenvalue weighted by molar-refractivity contribution is 5.83. The van der Waals surface area contributed by atoms with Gasteiger partial charge in [-0.25, -0.2) is 4.79 Å². The van der Waals surface area contributed by atoms with E-state index in [1.165, 1.54) is 0 Å². The number of rotatable bonds is 5. The highest BCUT2D eigenvalue weighted by Crippen LogP contribution is 2.45. The van der Waals surface area contributed by atoms with Crippen LogP contribution in [0.1, 0.15) is 54.9 Å². The molecule has 0 aromatic rings. The molecule has 1 aliphatic rings. The van der Waals surface area contributed by atoms with E-state index in [-0.39, 0.29) is 11.6 Å². The number of ether oxygens (including phenoxy) is 2. The van der Waals surface area contributed by atoms with E-state index in [2.05, 4.69) is 19.2 Å². The van der Waals surface area contributed by atoms with Gasteiger partial charge in [0.15, 0.2) is 0 Å². The zero-order chi connectivity index (χ0) is 14.9. The molecule has 0 amide bonds. The molecular formula is C15H29NO3. The Kier molecular flexibility index (Phi) is 4.68. The first-order valence-electron chi connectivity index (χ1n) is 7.19. The molecule has 1 saturated heterocycles. The molecule has 112 valence electrons. The fourth-order valence-electron chi connectivity index (χ4n) is 2.96. The van der Waals surface area contributed by atoms with Crippen molar-refractivity contribution in [2.75, 3.05) is 13.2 Å². The van der Waals surface area contributed by atoms with Gasteiger partial charge < -0.3 is 9.47 Å². The van der Waals surface area contributed by atoms with Crippen LogP contribution in [0.15, 0.2) is 0 Å². The Bertz CT molecular complexity index is 336. The van der Waals surface area contributed by atoms with Gasteiger partial charge in [-0.1, -0.05) is 13.8 Å². The number of nitrogens with one attached hydrogen (secondary N) is 1. The molecule has 1 heterocycles. The topological polar surface area (TPSA) is 47.6 Å². The van der Waals surface area contributed by atoms with E-state index in [9.17, 15) is 4.79 Å². The van der Waals surface area contributed by atoms with Gasteiger partial charge in [-0.05, 0) is 47.1 Å². The van der Waals surface area contributed by atoms with Crippen molar-refractivity contribution < 1.29 is 14.3 Å². The Morgan fingerprint density at radius 2 is 1.89 bits per heavy atom. The molecule has 1 unspecified atom stereocenters. The second-order valence-electron chi connectivity index (χ2n) is 6.95. The average molecular weight is 271 g/mol. The van der Waals surface area contributed by atoms with Gasteiger partial charge in [-0.15, -0.1) is 0 Å². The lowest BCUT2D eigenvalue weighted by atomic mass is 9.78. The summed E-state index contributed by atoms with van der Waals surface area (Å²) in [6.07, 6.45) is 0.624. The summed E-state index contributed by atoms with van der Waals surface area (Å²) in [5, 5.41) is 3.43. The molecule has 1 aliphatic heterocycles. The van der Waals surface area contributed by atoms with E-state index in [0.717, 1.165) is 6.54 Å². The lowest BCUT2D eigenvalue weighted by molar-refractivity contribution is -0.159. The SMILES string of the molecule is CCOC(=O)C1(NCC(C)C)CC(C)(C)OC1(C)C. The van der Waals surface area contributed by atoms with Crippen LogP contribution in [0.25, 0.3) is 0 Å². The van der Waals surface area contributed by atoms with Crippen LogP contribution in [0, 0.1) is 5.92 Å². The van der Waals surface area contributed by atoms with Crippen molar-refractivity contribution in [2.24, 2.45) is 5.92 Å². The normalized spacial score (nSPS) is 28.6. The largest absolute Gasteiger partial charge is 0.465 e. The van der Waals surface area contributed by atoms with E-state index in [4.69, 9.17) is 9.47 Å². The summed E-state index contributed by atoms with van der Waals surface area (Å²) in [4.78, 5) is 12.5. The Balaban J connectivity index is 3.08. The first kappa shape index (κ1) is 16.4. The fourth-order valence-corrected chi connectivity index (χ4v) is 2.96. The van der Waals surface area contributed by atoms with E-state index in [0.29, 0.717) is 18.9 Å². The minimum Gasteiger partial charge on any atom is -0.465 e. The predicted molar refractivity (Wildman–Crippen MR) is 76.1 cm³/mol. The molecule has 1 atom stereocenters. The quantitative estimate of drug-likeness (QED) is 0.781. The molecule has 4 heteroatoms. The van der Waals surface area contributed by atoms with Gasteiger partial charge in [-0.2, -0.15) is 0 Å². The summed E-state index contributed by atoms with van der Waals surface area (Å²) in [6.45, 7) is 15.2. The predicted octanol–water partition coefficient (Wildman–Crippen LogP) is 2.51. The maximum atomic E-state index is 12.5. The highest BCUT2D eigenvalue weighted by atomic mass is 16.6. The molecule has 4 nitrogen and oxygen atoms in total. The summed E-state index contributed by atoms with van der Waals surface area (Å²) in [7, 11) is 0. The summed E-state index contributed by atoms with van der Waals surface area (Å²) in [5.41, 5.74) is -1.69. The van der Waals surface area contributed by atoms with Crippen molar-refractivity contribution in [1.82, 2.24) is 5.32 Å². The number of carbonyl (C=O) groups is 1. The third-order valence-electron chi connectivity index (χ3n) is 3.69. The average Bonchev–Trinajstić information content (AvgIpc) is 2.41. The molecule has 0 bridgehead atoms. The molecule has 1 fully saturated rings. The lowest BCUT2D eigenvalue weighted by Gasteiger charge is -2.38. The maximum Gasteiger partial charge on any atom is 0.329 e. The summed E-state index contributed by atoms with van der Waals surface area (Å²) in [5.74, 6) is 0.261. The standard InChI is InChI=1S/C15H29NO3/c1-8-18-12(17)15(16-9-11(2)3)10-13(4,5)19-14(15,6)7/h11,16H,8-10H2,1-7H3. The van der Waals surface area contributed by atoms with E-state index in [1.54, 1.807) is 0 Å². The van der Waals surface area contributed by atoms with E-state index < -0.39 is 11.1 Å². The first-order valence-corrected chi connectivity index (χ1v) is 7.19. The Morgan fingerprint density at radius 1 is 1.32 bits per heavy atom. The van der Waals surface area contributed by atoms with Crippen LogP contribution in [0.2, 0.25) is 0 Å². The molecule has 0 aromatic heterocycles. The van der Waals surface area contributed by atoms with Crippen molar-refractivity contribution in [3.05, 3.63) is 0 Å². The smallest absolute Gasteiger partial charge is 0.329 e. The fraction of sp³-hybridized carbons (Fsp3) is 0.933. The molecular weight excluding hydrogens is 242 g/mol. The number of carbonyl (C=O) groups excluding carboxylic acids is 1. The van der Waals surface area contributed by atoms with Crippen molar-refractivity contribution >= 4 is 5.97 Å². The van der Waals surface area contributed by atoms with Gasteiger partial charge >= 0.3 is 5.97 Å². The number of esters is 1. The third kappa shape index (κ3) is 3.29. The molecule has 19 heavy (non-hydrogen) atoms. The molecule has 0 aromatic carbocycles. The van der Waals surface area contributed by atoms with Crippen molar-refractivity contribution in [1.29, 1.82) is 0 Å². The molecule has 0 spiro atoms. The minimum atomic E-state index is -0.767. The Morgan fingerprint density at radius 3 is 2.26 bits per heavy atom. The van der Waals surface area contributed by atoms with Gasteiger partial charge in [0.05, 0.1) is 17.8 Å². The molecule has 1 rings (SSSR count). The van der Waals surface area contributed by atoms with Crippen LogP contribution < -0.4 is 5.32 Å². The second-order valence-corrected chi connectivity index (χ2v) is 6.95. The van der Waals surface area contributed by atoms with E-state index in [1.807, 2.05) is 34.6 Å². The van der Waals surface area contributed by atoms with Crippen LogP contribution in [0.3, 0.4) is 0 Å². The molecule has 1 N–H and O–H groups in total. The van der Waals surface area contributed by atoms with Gasteiger partial charge in [0.25, 0.3) is 0 Å². The lowest BCUT2D eigenvalue weighted by Crippen LogP contribution is -2.63. The van der Waals surface area contributed by atoms with Gasteiger partial charge in [-0.3, -0.25) is 5.32 Å². The van der Waals surface area contributed by atoms with Gasteiger partial charge in [0.2, 0.25) is 0 Å². The van der Waals surface area contributed by atoms with Crippen molar-refractivity contribution in [2.45, 2.75) is 71.6 Å². The third-order valence-corrected chi connectivity index (χ3v) is 3.69. The zero-order valence-electron chi connectivity index (χ0n) is 13.4. The Hall–Kier alpha value is -0.610. The van der Waals surface area contributed by atoms with Crippen LogP contribution in [-0.2, 0) is 14.3 Å². The minimum absolute atomic E-state index is 0.203. The van der Waals surface area contributed by atoms with Crippen LogP contribution >= 0.6 is 0 Å². The van der Waals surface area contributed by atoms with Crippen LogP contribution in [0.4, 0.5) is 0 Å². The zero-order valence-corrected chi connectivity index (χ0v) is 13.4. The van der Waals surface area contributed by atoms with Crippen molar-refractivity contribution in [3.63, 3.8) is 0 Å². The summed E-state index contributed by atoms with van der Waals surface area (Å²) < 4.78 is 11.4. The first-order chi connectivity index (χ1) is 8.56. The van der Waals surface area contributed by atoms with Crippen LogP contribution in [0.5, 0.6) is 0 Å². The second kappa shape index (κ2) is 5.41. The maximum absolute atomic E-state index is 12.5. The van der Waals surface area contributed by atoms with Gasteiger partial charge in [0.1, 0.15) is 5.54 Å². The summed E-state index contributed by atoms with van der Waals surface area (Å²) >= 11 is 0. The highest BCUT2D eigenvalue weighted by Gasteiger charge is 2.62. The molecule has 0 saturated carbocycles. The van der Waals surface area contributed by atoms with Crippen LogP contribution in [-0.4, -0.2) is 35.9 Å². The van der Waals surface area contributed by atoms with E-state index >= 15 is 0 Å². The monoisotopic (exact) mass is 271 g/mol. The number of hydrogen-bond donors (Lipinski definition) is 1. The van der Waals surface area contributed by atoms with Gasteiger partial charge in [0, 0.05) is 6.42 Å².